The van der Waals surface area contributed by atoms with E-state index in [-0.39, 0.29) is 0 Å². The second-order valence-corrected chi connectivity index (χ2v) is 6.82. The second-order valence-electron chi connectivity index (χ2n) is 5.82. The predicted molar refractivity (Wildman–Crippen MR) is 84.2 cm³/mol. The number of rotatable bonds is 5. The Hall–Kier alpha value is -1.69. The van der Waals surface area contributed by atoms with Gasteiger partial charge < -0.3 is 10.4 Å². The molecule has 0 amide bonds. The number of hydrogen-bond acceptors (Lipinski definition) is 5. The second kappa shape index (κ2) is 5.26. The third-order valence-corrected chi connectivity index (χ3v) is 5.90. The molecule has 5 nitrogen and oxygen atoms in total. The van der Waals surface area contributed by atoms with Gasteiger partial charge in [0.05, 0.1) is 5.39 Å². The van der Waals surface area contributed by atoms with Crippen LogP contribution in [0.5, 0.6) is 0 Å². The summed E-state index contributed by atoms with van der Waals surface area (Å²) in [5.74, 6) is -0.133. The summed E-state index contributed by atoms with van der Waals surface area (Å²) in [5, 5.41) is 13.5. The normalized spacial score (nSPS) is 16.7. The predicted octanol–water partition coefficient (Wildman–Crippen LogP) is 3.69. The van der Waals surface area contributed by atoms with Crippen LogP contribution in [0.15, 0.2) is 6.33 Å². The van der Waals surface area contributed by atoms with Crippen LogP contribution in [0.1, 0.15) is 47.8 Å². The number of carboxylic acids is 1. The van der Waals surface area contributed by atoms with Crippen LogP contribution < -0.4 is 5.32 Å². The van der Waals surface area contributed by atoms with Gasteiger partial charge in [0, 0.05) is 6.54 Å². The molecule has 2 aromatic heterocycles. The van der Waals surface area contributed by atoms with Crippen molar-refractivity contribution in [2.75, 3.05) is 11.9 Å². The number of thiophene rings is 1. The standard InChI is InChI=1S/C15H19N3O2S/c1-3-15(5-4-6-15)7-16-12-10-9(2)11(14(19)20)21-13(10)18-8-17-12/h8H,3-7H2,1-2H3,(H,19,20)(H,16,17,18). The molecule has 0 aliphatic heterocycles. The lowest BCUT2D eigenvalue weighted by atomic mass is 9.67. The zero-order valence-electron chi connectivity index (χ0n) is 12.3. The summed E-state index contributed by atoms with van der Waals surface area (Å²) in [6, 6.07) is 0. The van der Waals surface area contributed by atoms with Crippen molar-refractivity contribution >= 4 is 33.3 Å². The van der Waals surface area contributed by atoms with Crippen LogP contribution in [-0.2, 0) is 0 Å². The first-order valence-corrected chi connectivity index (χ1v) is 8.09. The summed E-state index contributed by atoms with van der Waals surface area (Å²) in [5.41, 5.74) is 1.14. The lowest BCUT2D eigenvalue weighted by Gasteiger charge is -2.41. The topological polar surface area (TPSA) is 75.1 Å². The van der Waals surface area contributed by atoms with Crippen molar-refractivity contribution in [3.63, 3.8) is 0 Å². The third kappa shape index (κ3) is 2.37. The molecule has 21 heavy (non-hydrogen) atoms. The summed E-state index contributed by atoms with van der Waals surface area (Å²) < 4.78 is 0. The smallest absolute Gasteiger partial charge is 0.346 e. The fourth-order valence-corrected chi connectivity index (χ4v) is 4.00. The van der Waals surface area contributed by atoms with Crippen LogP contribution in [-0.4, -0.2) is 27.6 Å². The molecular weight excluding hydrogens is 286 g/mol. The van der Waals surface area contributed by atoms with Crippen LogP contribution in [0.25, 0.3) is 10.2 Å². The maximum absolute atomic E-state index is 11.3. The molecule has 2 N–H and O–H groups in total. The van der Waals surface area contributed by atoms with E-state index in [2.05, 4.69) is 22.2 Å². The van der Waals surface area contributed by atoms with Gasteiger partial charge in [-0.1, -0.05) is 13.3 Å². The number of aromatic nitrogens is 2. The van der Waals surface area contributed by atoms with Crippen LogP contribution >= 0.6 is 11.3 Å². The lowest BCUT2D eigenvalue weighted by molar-refractivity contribution is 0.0701. The average Bonchev–Trinajstić information content (AvgIpc) is 2.76. The molecule has 2 heterocycles. The van der Waals surface area contributed by atoms with E-state index in [4.69, 9.17) is 0 Å². The molecule has 112 valence electrons. The molecule has 0 aromatic carbocycles. The van der Waals surface area contributed by atoms with Crippen LogP contribution in [0.2, 0.25) is 0 Å². The number of anilines is 1. The van der Waals surface area contributed by atoms with E-state index in [0.717, 1.165) is 34.6 Å². The molecule has 1 aliphatic rings. The van der Waals surface area contributed by atoms with E-state index in [1.807, 2.05) is 6.92 Å². The van der Waals surface area contributed by atoms with E-state index in [1.165, 1.54) is 36.9 Å². The van der Waals surface area contributed by atoms with Gasteiger partial charge in [0.25, 0.3) is 0 Å². The van der Waals surface area contributed by atoms with E-state index in [0.29, 0.717) is 10.3 Å². The van der Waals surface area contributed by atoms with Gasteiger partial charge in [0.15, 0.2) is 0 Å². The molecule has 1 saturated carbocycles. The minimum atomic E-state index is -0.898. The fraction of sp³-hybridized carbons (Fsp3) is 0.533. The summed E-state index contributed by atoms with van der Waals surface area (Å²) in [4.78, 5) is 20.9. The minimum Gasteiger partial charge on any atom is -0.477 e. The first kappa shape index (κ1) is 14.3. The molecule has 0 atom stereocenters. The fourth-order valence-electron chi connectivity index (χ4n) is 3.01. The Morgan fingerprint density at radius 3 is 2.81 bits per heavy atom. The highest BCUT2D eigenvalue weighted by Crippen LogP contribution is 2.44. The number of nitrogens with zero attached hydrogens (tertiary/aromatic N) is 2. The Bertz CT molecular complexity index is 686. The Kier molecular flexibility index (Phi) is 3.57. The van der Waals surface area contributed by atoms with Crippen molar-refractivity contribution < 1.29 is 9.90 Å². The molecule has 2 aromatic rings. The van der Waals surface area contributed by atoms with E-state index in [1.54, 1.807) is 0 Å². The van der Waals surface area contributed by atoms with Crippen LogP contribution in [0, 0.1) is 12.3 Å². The molecular formula is C15H19N3O2S. The Morgan fingerprint density at radius 2 is 2.24 bits per heavy atom. The van der Waals surface area contributed by atoms with Crippen molar-refractivity contribution in [2.24, 2.45) is 5.41 Å². The Balaban J connectivity index is 1.93. The van der Waals surface area contributed by atoms with Gasteiger partial charge >= 0.3 is 5.97 Å². The van der Waals surface area contributed by atoms with E-state index < -0.39 is 5.97 Å². The Labute approximate surface area is 127 Å². The molecule has 6 heteroatoms. The number of aromatic carboxylic acids is 1. The first-order valence-electron chi connectivity index (χ1n) is 7.27. The number of aryl methyl sites for hydroxylation is 1. The van der Waals surface area contributed by atoms with Gasteiger partial charge in [0.1, 0.15) is 21.9 Å². The molecule has 0 saturated heterocycles. The van der Waals surface area contributed by atoms with Crippen molar-refractivity contribution in [3.8, 4) is 0 Å². The molecule has 0 radical (unpaired) electrons. The summed E-state index contributed by atoms with van der Waals surface area (Å²) in [7, 11) is 0. The molecule has 1 fully saturated rings. The van der Waals surface area contributed by atoms with Gasteiger partial charge in [-0.05, 0) is 37.2 Å². The third-order valence-electron chi connectivity index (χ3n) is 4.72. The molecule has 0 bridgehead atoms. The quantitative estimate of drug-likeness (QED) is 0.881. The number of hydrogen-bond donors (Lipinski definition) is 2. The number of fused-ring (bicyclic) bond motifs is 1. The lowest BCUT2D eigenvalue weighted by Crippen LogP contribution is -2.36. The molecule has 3 rings (SSSR count). The highest BCUT2D eigenvalue weighted by atomic mass is 32.1. The van der Waals surface area contributed by atoms with Gasteiger partial charge in [-0.2, -0.15) is 0 Å². The van der Waals surface area contributed by atoms with Gasteiger partial charge in [-0.25, -0.2) is 14.8 Å². The summed E-state index contributed by atoms with van der Waals surface area (Å²) >= 11 is 1.21. The Morgan fingerprint density at radius 1 is 1.48 bits per heavy atom. The number of carbonyl (C=O) groups is 1. The van der Waals surface area contributed by atoms with E-state index in [9.17, 15) is 9.90 Å². The van der Waals surface area contributed by atoms with Crippen LogP contribution in [0.3, 0.4) is 0 Å². The van der Waals surface area contributed by atoms with Gasteiger partial charge in [-0.15, -0.1) is 11.3 Å². The monoisotopic (exact) mass is 305 g/mol. The maximum atomic E-state index is 11.3. The summed E-state index contributed by atoms with van der Waals surface area (Å²) in [6.45, 7) is 4.96. The van der Waals surface area contributed by atoms with Crippen molar-refractivity contribution in [3.05, 3.63) is 16.8 Å². The largest absolute Gasteiger partial charge is 0.477 e. The van der Waals surface area contributed by atoms with Crippen molar-refractivity contribution in [1.29, 1.82) is 0 Å². The SMILES string of the molecule is CCC1(CNc2ncnc3sc(C(=O)O)c(C)c23)CCC1. The molecule has 1 aliphatic carbocycles. The van der Waals surface area contributed by atoms with E-state index >= 15 is 0 Å². The van der Waals surface area contributed by atoms with Crippen LogP contribution in [0.4, 0.5) is 5.82 Å². The average molecular weight is 305 g/mol. The zero-order chi connectivity index (χ0) is 15.0. The van der Waals surface area contributed by atoms with Gasteiger partial charge in [0.2, 0.25) is 0 Å². The highest BCUT2D eigenvalue weighted by Gasteiger charge is 2.35. The number of carboxylic acid groups (broad SMARTS) is 1. The zero-order valence-corrected chi connectivity index (χ0v) is 13.1. The maximum Gasteiger partial charge on any atom is 0.346 e. The first-order chi connectivity index (χ1) is 10.1. The van der Waals surface area contributed by atoms with Crippen molar-refractivity contribution in [2.45, 2.75) is 39.5 Å². The van der Waals surface area contributed by atoms with Crippen molar-refractivity contribution in [1.82, 2.24) is 9.97 Å². The minimum absolute atomic E-state index is 0.349. The molecule has 0 spiro atoms. The highest BCUT2D eigenvalue weighted by molar-refractivity contribution is 7.20. The van der Waals surface area contributed by atoms with Gasteiger partial charge in [-0.3, -0.25) is 0 Å². The summed E-state index contributed by atoms with van der Waals surface area (Å²) in [6.07, 6.45) is 6.49. The number of nitrogens with one attached hydrogen (secondary N) is 1. The molecule has 0 unspecified atom stereocenters.